The van der Waals surface area contributed by atoms with Gasteiger partial charge in [0.05, 0.1) is 12.6 Å². The van der Waals surface area contributed by atoms with Crippen molar-refractivity contribution in [3.05, 3.63) is 0 Å². The fourth-order valence-corrected chi connectivity index (χ4v) is 1.04. The molecule has 2 amide bonds. The Morgan fingerprint density at radius 3 is 2.12 bits per heavy atom. The van der Waals surface area contributed by atoms with Gasteiger partial charge in [-0.25, -0.2) is 0 Å². The Kier molecular flexibility index (Phi) is 5.44. The van der Waals surface area contributed by atoms with Crippen LogP contribution in [0.2, 0.25) is 0 Å². The summed E-state index contributed by atoms with van der Waals surface area (Å²) in [6.07, 6.45) is 0. The van der Waals surface area contributed by atoms with E-state index < -0.39 is 6.04 Å². The molecule has 0 aromatic rings. The number of nitrogens with two attached hydrogens (primary N) is 1. The minimum absolute atomic E-state index is 0.0270. The largest absolute Gasteiger partial charge is 0.352 e. The molecule has 0 aliphatic rings. The number of nitrogens with one attached hydrogen (secondary N) is 2. The van der Waals surface area contributed by atoms with Gasteiger partial charge in [-0.15, -0.1) is 0 Å². The average Bonchev–Trinajstić information content (AvgIpc) is 2.10. The van der Waals surface area contributed by atoms with E-state index in [9.17, 15) is 9.59 Å². The Hall–Kier alpha value is -1.10. The molecule has 0 saturated carbocycles. The van der Waals surface area contributed by atoms with E-state index in [0.29, 0.717) is 0 Å². The zero-order chi connectivity index (χ0) is 12.9. The van der Waals surface area contributed by atoms with Gasteiger partial charge in [-0.05, 0) is 19.3 Å². The molecule has 0 heterocycles. The van der Waals surface area contributed by atoms with E-state index >= 15 is 0 Å². The second kappa shape index (κ2) is 5.84. The number of amides is 2. The van der Waals surface area contributed by atoms with Crippen LogP contribution >= 0.6 is 0 Å². The minimum atomic E-state index is -0.612. The predicted octanol–water partition coefficient (Wildman–Crippen LogP) is 0.000600. The van der Waals surface area contributed by atoms with Gasteiger partial charge in [-0.3, -0.25) is 9.59 Å². The van der Waals surface area contributed by atoms with Crippen molar-refractivity contribution >= 4 is 11.8 Å². The average molecular weight is 229 g/mol. The lowest BCUT2D eigenvalue weighted by atomic mass is 9.87. The molecule has 0 bridgehead atoms. The predicted molar refractivity (Wildman–Crippen MR) is 63.7 cm³/mol. The summed E-state index contributed by atoms with van der Waals surface area (Å²) in [5, 5.41) is 5.20. The van der Waals surface area contributed by atoms with Gasteiger partial charge in [0.15, 0.2) is 0 Å². The molecule has 0 saturated heterocycles. The van der Waals surface area contributed by atoms with Crippen molar-refractivity contribution in [2.45, 2.75) is 46.7 Å². The molecule has 0 radical (unpaired) electrons. The second-order valence-electron chi connectivity index (χ2n) is 5.28. The number of hydrogen-bond donors (Lipinski definition) is 3. The lowest BCUT2D eigenvalue weighted by Gasteiger charge is -2.25. The van der Waals surface area contributed by atoms with Crippen molar-refractivity contribution in [2.24, 2.45) is 11.1 Å². The van der Waals surface area contributed by atoms with Crippen LogP contribution in [0.25, 0.3) is 0 Å². The van der Waals surface area contributed by atoms with Gasteiger partial charge >= 0.3 is 0 Å². The molecule has 0 unspecified atom stereocenters. The molecule has 0 fully saturated rings. The first-order valence-electron chi connectivity index (χ1n) is 5.47. The SMILES string of the molecule is CC(C)NC(=O)CNC(=O)[C@H](N)C(C)(C)C. The Morgan fingerprint density at radius 1 is 1.25 bits per heavy atom. The van der Waals surface area contributed by atoms with Gasteiger partial charge in [0.1, 0.15) is 0 Å². The molecule has 4 N–H and O–H groups in total. The van der Waals surface area contributed by atoms with Gasteiger partial charge in [0.2, 0.25) is 11.8 Å². The van der Waals surface area contributed by atoms with Gasteiger partial charge in [0, 0.05) is 6.04 Å². The zero-order valence-corrected chi connectivity index (χ0v) is 10.8. The summed E-state index contributed by atoms with van der Waals surface area (Å²) in [6.45, 7) is 9.34. The molecule has 0 spiro atoms. The summed E-state index contributed by atoms with van der Waals surface area (Å²) in [5.74, 6) is -0.504. The van der Waals surface area contributed by atoms with E-state index in [0.717, 1.165) is 0 Å². The summed E-state index contributed by atoms with van der Waals surface area (Å²) in [5.41, 5.74) is 5.43. The first-order valence-corrected chi connectivity index (χ1v) is 5.47. The molecule has 0 aliphatic carbocycles. The standard InChI is InChI=1S/C11H23N3O2/c1-7(2)14-8(15)6-13-10(16)9(12)11(3,4)5/h7,9H,6,12H2,1-5H3,(H,13,16)(H,14,15)/t9-/m0/s1. The van der Waals surface area contributed by atoms with E-state index in [4.69, 9.17) is 5.73 Å². The maximum Gasteiger partial charge on any atom is 0.239 e. The van der Waals surface area contributed by atoms with Crippen LogP contribution in [0.4, 0.5) is 0 Å². The number of hydrogen-bond acceptors (Lipinski definition) is 3. The van der Waals surface area contributed by atoms with Crippen LogP contribution in [0.1, 0.15) is 34.6 Å². The van der Waals surface area contributed by atoms with E-state index in [1.807, 2.05) is 34.6 Å². The van der Waals surface area contributed by atoms with E-state index in [-0.39, 0.29) is 29.8 Å². The Morgan fingerprint density at radius 2 is 1.75 bits per heavy atom. The molecule has 0 aromatic carbocycles. The quantitative estimate of drug-likeness (QED) is 0.634. The number of carbonyl (C=O) groups is 2. The summed E-state index contributed by atoms with van der Waals surface area (Å²) in [6, 6.07) is -0.542. The number of carbonyl (C=O) groups excluding carboxylic acids is 2. The van der Waals surface area contributed by atoms with Crippen molar-refractivity contribution in [1.29, 1.82) is 0 Å². The highest BCUT2D eigenvalue weighted by Crippen LogP contribution is 2.16. The van der Waals surface area contributed by atoms with Crippen molar-refractivity contribution in [3.63, 3.8) is 0 Å². The topological polar surface area (TPSA) is 84.2 Å². The van der Waals surface area contributed by atoms with Crippen molar-refractivity contribution in [1.82, 2.24) is 10.6 Å². The van der Waals surface area contributed by atoms with Crippen LogP contribution in [0, 0.1) is 5.41 Å². The molecular weight excluding hydrogens is 206 g/mol. The third-order valence-corrected chi connectivity index (χ3v) is 2.09. The van der Waals surface area contributed by atoms with Gasteiger partial charge < -0.3 is 16.4 Å². The fourth-order valence-electron chi connectivity index (χ4n) is 1.04. The van der Waals surface area contributed by atoms with Crippen LogP contribution in [0.5, 0.6) is 0 Å². The molecule has 0 rings (SSSR count). The maximum absolute atomic E-state index is 11.6. The zero-order valence-electron chi connectivity index (χ0n) is 10.8. The second-order valence-corrected chi connectivity index (χ2v) is 5.28. The summed E-state index contributed by atoms with van der Waals surface area (Å²) in [7, 11) is 0. The molecular formula is C11H23N3O2. The van der Waals surface area contributed by atoms with E-state index in [1.165, 1.54) is 0 Å². The van der Waals surface area contributed by atoms with E-state index in [1.54, 1.807) is 0 Å². The molecule has 5 nitrogen and oxygen atoms in total. The van der Waals surface area contributed by atoms with Crippen LogP contribution in [-0.2, 0) is 9.59 Å². The smallest absolute Gasteiger partial charge is 0.239 e. The summed E-state index contributed by atoms with van der Waals surface area (Å²) in [4.78, 5) is 22.8. The molecule has 0 aliphatic heterocycles. The first kappa shape index (κ1) is 14.9. The molecule has 1 atom stereocenters. The highest BCUT2D eigenvalue weighted by molar-refractivity contribution is 5.87. The van der Waals surface area contributed by atoms with Crippen LogP contribution in [-0.4, -0.2) is 30.4 Å². The van der Waals surface area contributed by atoms with Crippen molar-refractivity contribution in [2.75, 3.05) is 6.54 Å². The Labute approximate surface area is 97.2 Å². The first-order chi connectivity index (χ1) is 7.14. The van der Waals surface area contributed by atoms with Gasteiger partial charge in [-0.2, -0.15) is 0 Å². The van der Waals surface area contributed by atoms with Crippen LogP contribution in [0.3, 0.4) is 0 Å². The van der Waals surface area contributed by atoms with Crippen LogP contribution in [0.15, 0.2) is 0 Å². The van der Waals surface area contributed by atoms with Gasteiger partial charge in [0.25, 0.3) is 0 Å². The van der Waals surface area contributed by atoms with E-state index in [2.05, 4.69) is 10.6 Å². The number of rotatable bonds is 4. The van der Waals surface area contributed by atoms with Gasteiger partial charge in [-0.1, -0.05) is 20.8 Å². The molecule has 16 heavy (non-hydrogen) atoms. The Bertz CT molecular complexity index is 256. The Balaban J connectivity index is 4.04. The third-order valence-electron chi connectivity index (χ3n) is 2.09. The fraction of sp³-hybridized carbons (Fsp3) is 0.818. The van der Waals surface area contributed by atoms with Crippen molar-refractivity contribution < 1.29 is 9.59 Å². The lowest BCUT2D eigenvalue weighted by molar-refractivity contribution is -0.128. The summed E-state index contributed by atoms with van der Waals surface area (Å²) >= 11 is 0. The third kappa shape index (κ3) is 5.70. The van der Waals surface area contributed by atoms with Crippen LogP contribution < -0.4 is 16.4 Å². The molecule has 94 valence electrons. The normalized spacial score (nSPS) is 13.4. The highest BCUT2D eigenvalue weighted by Gasteiger charge is 2.27. The minimum Gasteiger partial charge on any atom is -0.352 e. The lowest BCUT2D eigenvalue weighted by Crippen LogP contribution is -2.51. The van der Waals surface area contributed by atoms with Crippen molar-refractivity contribution in [3.8, 4) is 0 Å². The monoisotopic (exact) mass is 229 g/mol. The molecule has 5 heteroatoms. The highest BCUT2D eigenvalue weighted by atomic mass is 16.2. The maximum atomic E-state index is 11.6. The molecule has 0 aromatic heterocycles. The summed E-state index contributed by atoms with van der Waals surface area (Å²) < 4.78 is 0.